The number of hydrogen-bond acceptors (Lipinski definition) is 8. The maximum absolute atomic E-state index is 12.1. The molecule has 2 heterocycles. The van der Waals surface area contributed by atoms with E-state index in [1.165, 1.54) is 31.4 Å². The second-order valence-corrected chi connectivity index (χ2v) is 10.9. The molecule has 12 heteroatoms. The smallest absolute Gasteiger partial charge is 0.410 e. The van der Waals surface area contributed by atoms with Crippen molar-refractivity contribution in [1.29, 1.82) is 0 Å². The van der Waals surface area contributed by atoms with Crippen LogP contribution in [0.5, 0.6) is 0 Å². The van der Waals surface area contributed by atoms with Crippen LogP contribution in [0.1, 0.15) is 64.8 Å². The van der Waals surface area contributed by atoms with Gasteiger partial charge in [0.15, 0.2) is 0 Å². The van der Waals surface area contributed by atoms with Crippen molar-refractivity contribution in [2.45, 2.75) is 81.9 Å². The normalized spacial score (nSPS) is 18.3. The van der Waals surface area contributed by atoms with Gasteiger partial charge < -0.3 is 15.0 Å². The molecule has 34 heavy (non-hydrogen) atoms. The lowest BCUT2D eigenvalue weighted by Crippen LogP contribution is -2.40. The van der Waals surface area contributed by atoms with E-state index in [0.29, 0.717) is 43.4 Å². The molecule has 1 saturated heterocycles. The first kappa shape index (κ1) is 24.4. The average Bonchev–Trinajstić information content (AvgIpc) is 3.29. The van der Waals surface area contributed by atoms with Gasteiger partial charge in [0.05, 0.1) is 17.0 Å². The highest BCUT2D eigenvalue weighted by molar-refractivity contribution is 7.89. The number of ether oxygens (including phenoxy) is 1. The van der Waals surface area contributed by atoms with E-state index < -0.39 is 10.0 Å². The van der Waals surface area contributed by atoms with Gasteiger partial charge >= 0.3 is 6.09 Å². The second-order valence-electron chi connectivity index (χ2n) is 9.32. The standard InChI is InChI=1S/C22H33N7O4S/c1-15(2)33-22(30)28-12-10-17(11-13-28)29-26-21(25-27-29)19-14-18(34(23,31)32)8-9-20(19)24-16-6-4-3-5-7-16/h8-9,14-17,24H,3-7,10-13H2,1-2H3,(H2,23,31,32). The van der Waals surface area contributed by atoms with Gasteiger partial charge in [0.2, 0.25) is 15.8 Å². The zero-order valence-electron chi connectivity index (χ0n) is 19.7. The van der Waals surface area contributed by atoms with Gasteiger partial charge in [-0.3, -0.25) is 0 Å². The molecule has 1 aliphatic heterocycles. The summed E-state index contributed by atoms with van der Waals surface area (Å²) in [5.74, 6) is 0.338. The maximum Gasteiger partial charge on any atom is 0.410 e. The third-order valence-corrected chi connectivity index (χ3v) is 7.25. The van der Waals surface area contributed by atoms with E-state index in [2.05, 4.69) is 20.7 Å². The zero-order valence-corrected chi connectivity index (χ0v) is 20.5. The molecule has 0 atom stereocenters. The van der Waals surface area contributed by atoms with Crippen molar-refractivity contribution in [3.05, 3.63) is 18.2 Å². The van der Waals surface area contributed by atoms with Gasteiger partial charge in [0, 0.05) is 30.4 Å². The fourth-order valence-corrected chi connectivity index (χ4v) is 5.06. The summed E-state index contributed by atoms with van der Waals surface area (Å²) in [6, 6.07) is 5.04. The van der Waals surface area contributed by atoms with Gasteiger partial charge in [0.1, 0.15) is 0 Å². The van der Waals surface area contributed by atoms with Gasteiger partial charge in [-0.05, 0) is 62.9 Å². The highest BCUT2D eigenvalue weighted by Gasteiger charge is 2.27. The molecular weight excluding hydrogens is 458 g/mol. The predicted octanol–water partition coefficient (Wildman–Crippen LogP) is 2.91. The van der Waals surface area contributed by atoms with E-state index in [1.807, 2.05) is 13.8 Å². The van der Waals surface area contributed by atoms with Crippen LogP contribution < -0.4 is 10.5 Å². The molecule has 186 valence electrons. The monoisotopic (exact) mass is 491 g/mol. The lowest BCUT2D eigenvalue weighted by atomic mass is 9.95. The van der Waals surface area contributed by atoms with Gasteiger partial charge in [-0.2, -0.15) is 4.80 Å². The van der Waals surface area contributed by atoms with E-state index in [-0.39, 0.29) is 23.1 Å². The summed E-state index contributed by atoms with van der Waals surface area (Å²) < 4.78 is 29.2. The van der Waals surface area contributed by atoms with Crippen molar-refractivity contribution >= 4 is 21.8 Å². The number of aromatic nitrogens is 4. The molecule has 0 unspecified atom stereocenters. The molecule has 2 aliphatic rings. The van der Waals surface area contributed by atoms with E-state index in [9.17, 15) is 13.2 Å². The number of nitrogens with one attached hydrogen (secondary N) is 1. The Balaban J connectivity index is 1.53. The lowest BCUT2D eigenvalue weighted by Gasteiger charge is -2.30. The number of likely N-dealkylation sites (tertiary alicyclic amines) is 1. The van der Waals surface area contributed by atoms with Crippen molar-refractivity contribution in [3.63, 3.8) is 0 Å². The number of hydrogen-bond donors (Lipinski definition) is 2. The summed E-state index contributed by atoms with van der Waals surface area (Å²) in [5.41, 5.74) is 1.33. The number of carbonyl (C=O) groups is 1. The Hall–Kier alpha value is -2.73. The maximum atomic E-state index is 12.1. The minimum absolute atomic E-state index is 0.00465. The summed E-state index contributed by atoms with van der Waals surface area (Å²) in [6.45, 7) is 4.74. The molecule has 1 amide bonds. The van der Waals surface area contributed by atoms with Crippen LogP contribution in [0, 0.1) is 0 Å². The molecule has 1 aromatic heterocycles. The van der Waals surface area contributed by atoms with Crippen molar-refractivity contribution in [1.82, 2.24) is 25.1 Å². The first-order valence-corrected chi connectivity index (χ1v) is 13.4. The van der Waals surface area contributed by atoms with Crippen molar-refractivity contribution in [2.24, 2.45) is 5.14 Å². The largest absolute Gasteiger partial charge is 0.447 e. The summed E-state index contributed by atoms with van der Waals surface area (Å²) in [6.07, 6.45) is 6.58. The summed E-state index contributed by atoms with van der Waals surface area (Å²) in [5, 5.41) is 22.0. The third-order valence-electron chi connectivity index (χ3n) is 6.34. The van der Waals surface area contributed by atoms with Gasteiger partial charge in [0.25, 0.3) is 0 Å². The molecule has 1 aliphatic carbocycles. The lowest BCUT2D eigenvalue weighted by molar-refractivity contribution is 0.0642. The number of nitrogens with two attached hydrogens (primary N) is 1. The van der Waals surface area contributed by atoms with E-state index in [1.54, 1.807) is 15.8 Å². The third kappa shape index (κ3) is 5.84. The van der Waals surface area contributed by atoms with Crippen molar-refractivity contribution in [3.8, 4) is 11.4 Å². The van der Waals surface area contributed by atoms with Crippen LogP contribution in [-0.2, 0) is 14.8 Å². The van der Waals surface area contributed by atoms with E-state index in [4.69, 9.17) is 9.88 Å². The summed E-state index contributed by atoms with van der Waals surface area (Å²) in [4.78, 5) is 15.4. The molecule has 0 radical (unpaired) electrons. The van der Waals surface area contributed by atoms with E-state index in [0.717, 1.165) is 18.5 Å². The van der Waals surface area contributed by atoms with Crippen LogP contribution in [0.3, 0.4) is 0 Å². The Morgan fingerprint density at radius 3 is 2.50 bits per heavy atom. The van der Waals surface area contributed by atoms with Crippen LogP contribution in [-0.4, -0.2) is 64.9 Å². The fraction of sp³-hybridized carbons (Fsp3) is 0.636. The minimum Gasteiger partial charge on any atom is -0.447 e. The number of primary sulfonamides is 1. The summed E-state index contributed by atoms with van der Waals surface area (Å²) >= 11 is 0. The molecule has 2 fully saturated rings. The molecule has 1 saturated carbocycles. The number of piperidine rings is 1. The molecule has 0 bridgehead atoms. The first-order chi connectivity index (χ1) is 16.2. The topological polar surface area (TPSA) is 145 Å². The number of benzene rings is 1. The highest BCUT2D eigenvalue weighted by atomic mass is 32.2. The SMILES string of the molecule is CC(C)OC(=O)N1CCC(n2nnc(-c3cc(S(N)(=O)=O)ccc3NC3CCCCC3)n2)CC1. The van der Waals surface area contributed by atoms with Crippen LogP contribution in [0.25, 0.3) is 11.4 Å². The van der Waals surface area contributed by atoms with E-state index >= 15 is 0 Å². The predicted molar refractivity (Wildman–Crippen MR) is 127 cm³/mol. The highest BCUT2D eigenvalue weighted by Crippen LogP contribution is 2.31. The Labute approximate surface area is 200 Å². The Bertz CT molecular complexity index is 1100. The molecule has 3 N–H and O–H groups in total. The van der Waals surface area contributed by atoms with Crippen LogP contribution in [0.2, 0.25) is 0 Å². The number of anilines is 1. The molecule has 2 aromatic rings. The fourth-order valence-electron chi connectivity index (χ4n) is 4.52. The molecular formula is C22H33N7O4S. The van der Waals surface area contributed by atoms with Crippen molar-refractivity contribution < 1.29 is 17.9 Å². The Morgan fingerprint density at radius 1 is 1.15 bits per heavy atom. The number of amides is 1. The Kier molecular flexibility index (Phi) is 7.36. The molecule has 1 aromatic carbocycles. The van der Waals surface area contributed by atoms with Crippen LogP contribution in [0.4, 0.5) is 10.5 Å². The van der Waals surface area contributed by atoms with Crippen LogP contribution in [0.15, 0.2) is 23.1 Å². The molecule has 4 rings (SSSR count). The quantitative estimate of drug-likeness (QED) is 0.627. The number of sulfonamides is 1. The second kappa shape index (κ2) is 10.3. The van der Waals surface area contributed by atoms with Gasteiger partial charge in [-0.15, -0.1) is 10.2 Å². The molecule has 0 spiro atoms. The van der Waals surface area contributed by atoms with Gasteiger partial charge in [-0.25, -0.2) is 18.4 Å². The number of nitrogens with zero attached hydrogens (tertiary/aromatic N) is 5. The number of tetrazole rings is 1. The minimum atomic E-state index is -3.88. The molecule has 11 nitrogen and oxygen atoms in total. The number of rotatable bonds is 6. The zero-order chi connectivity index (χ0) is 24.3. The first-order valence-electron chi connectivity index (χ1n) is 11.9. The summed E-state index contributed by atoms with van der Waals surface area (Å²) in [7, 11) is -3.88. The van der Waals surface area contributed by atoms with Crippen LogP contribution >= 0.6 is 0 Å². The van der Waals surface area contributed by atoms with Gasteiger partial charge in [-0.1, -0.05) is 19.3 Å². The Morgan fingerprint density at radius 2 is 1.85 bits per heavy atom. The number of carbonyl (C=O) groups excluding carboxylic acids is 1. The average molecular weight is 492 g/mol. The van der Waals surface area contributed by atoms with Crippen molar-refractivity contribution in [2.75, 3.05) is 18.4 Å².